The van der Waals surface area contributed by atoms with Crippen LogP contribution in [0.3, 0.4) is 0 Å². The minimum absolute atomic E-state index is 0.205. The Balaban J connectivity index is 1.59. The summed E-state index contributed by atoms with van der Waals surface area (Å²) in [6, 6.07) is 7.90. The van der Waals surface area contributed by atoms with Crippen LogP contribution < -0.4 is 4.74 Å². The van der Waals surface area contributed by atoms with Crippen molar-refractivity contribution in [2.45, 2.75) is 38.4 Å². The smallest absolute Gasteiger partial charge is 0.349 e. The molecule has 0 spiro atoms. The van der Waals surface area contributed by atoms with Gasteiger partial charge in [0.1, 0.15) is 16.7 Å². The fraction of sp³-hybridized carbons (Fsp3) is 0.368. The topological polar surface area (TPSA) is 61.8 Å². The summed E-state index contributed by atoms with van der Waals surface area (Å²) in [5, 5.41) is 0. The standard InChI is InChI=1S/C19H18O5S/c1-10-7-15(18(20)23-10)24-19(21)16-9-12-4-3-11-8-13(22-2)5-6-14(11)17(12)25-16/h5-6,8-10,15H,3-4,7H2,1-2H3/t10-,15-/m1/s1. The predicted octanol–water partition coefficient (Wildman–Crippen LogP) is 3.38. The normalized spacial score (nSPS) is 21.3. The van der Waals surface area contributed by atoms with Crippen molar-refractivity contribution in [2.24, 2.45) is 0 Å². The lowest BCUT2D eigenvalue weighted by atomic mass is 9.91. The fourth-order valence-corrected chi connectivity index (χ4v) is 4.49. The first-order valence-corrected chi connectivity index (χ1v) is 9.08. The third-order valence-electron chi connectivity index (χ3n) is 4.61. The average Bonchev–Trinajstić information content (AvgIpc) is 3.17. The number of carbonyl (C=O) groups excluding carboxylic acids is 2. The second kappa shape index (κ2) is 6.19. The van der Waals surface area contributed by atoms with E-state index in [0.29, 0.717) is 11.3 Å². The molecule has 0 bridgehead atoms. The van der Waals surface area contributed by atoms with Gasteiger partial charge in [-0.1, -0.05) is 0 Å². The molecule has 2 heterocycles. The zero-order valence-corrected chi connectivity index (χ0v) is 14.9. The minimum atomic E-state index is -0.793. The highest BCUT2D eigenvalue weighted by atomic mass is 32.1. The molecule has 0 radical (unpaired) electrons. The number of aryl methyl sites for hydroxylation is 2. The number of benzene rings is 1. The summed E-state index contributed by atoms with van der Waals surface area (Å²) in [5.41, 5.74) is 3.51. The van der Waals surface area contributed by atoms with Gasteiger partial charge in [-0.2, -0.15) is 0 Å². The third-order valence-corrected chi connectivity index (χ3v) is 5.80. The average molecular weight is 358 g/mol. The lowest BCUT2D eigenvalue weighted by molar-refractivity contribution is -0.147. The minimum Gasteiger partial charge on any atom is -0.497 e. The number of hydrogen-bond donors (Lipinski definition) is 0. The number of ether oxygens (including phenoxy) is 3. The lowest BCUT2D eigenvalue weighted by Crippen LogP contribution is -2.22. The van der Waals surface area contributed by atoms with Crippen LogP contribution in [0.5, 0.6) is 5.75 Å². The molecular formula is C19H18O5S. The van der Waals surface area contributed by atoms with E-state index in [1.165, 1.54) is 16.9 Å². The Bertz CT molecular complexity index is 853. The molecule has 1 fully saturated rings. The summed E-state index contributed by atoms with van der Waals surface area (Å²) in [4.78, 5) is 25.7. The van der Waals surface area contributed by atoms with Crippen LogP contribution in [0.2, 0.25) is 0 Å². The molecule has 25 heavy (non-hydrogen) atoms. The van der Waals surface area contributed by atoms with Crippen LogP contribution in [0.25, 0.3) is 10.4 Å². The third kappa shape index (κ3) is 2.91. The molecule has 1 aliphatic carbocycles. The van der Waals surface area contributed by atoms with E-state index in [2.05, 4.69) is 0 Å². The fourth-order valence-electron chi connectivity index (χ4n) is 3.34. The lowest BCUT2D eigenvalue weighted by Gasteiger charge is -2.16. The predicted molar refractivity (Wildman–Crippen MR) is 93.1 cm³/mol. The Morgan fingerprint density at radius 3 is 2.76 bits per heavy atom. The van der Waals surface area contributed by atoms with Gasteiger partial charge >= 0.3 is 11.9 Å². The summed E-state index contributed by atoms with van der Waals surface area (Å²) in [7, 11) is 1.66. The zero-order chi connectivity index (χ0) is 17.6. The molecule has 130 valence electrons. The van der Waals surface area contributed by atoms with Crippen molar-refractivity contribution < 1.29 is 23.8 Å². The van der Waals surface area contributed by atoms with Crippen molar-refractivity contribution in [1.82, 2.24) is 0 Å². The molecule has 1 aromatic carbocycles. The van der Waals surface area contributed by atoms with E-state index in [-0.39, 0.29) is 6.10 Å². The maximum atomic E-state index is 12.4. The summed E-state index contributed by atoms with van der Waals surface area (Å²) < 4.78 is 15.7. The summed E-state index contributed by atoms with van der Waals surface area (Å²) >= 11 is 1.42. The van der Waals surface area contributed by atoms with E-state index in [4.69, 9.17) is 14.2 Å². The molecule has 1 aromatic heterocycles. The largest absolute Gasteiger partial charge is 0.497 e. The molecule has 0 unspecified atom stereocenters. The second-order valence-electron chi connectivity index (χ2n) is 6.37. The summed E-state index contributed by atoms with van der Waals surface area (Å²) in [6.45, 7) is 1.79. The molecule has 4 rings (SSSR count). The molecule has 2 aliphatic rings. The highest BCUT2D eigenvalue weighted by molar-refractivity contribution is 7.17. The SMILES string of the molecule is COc1ccc2c(c1)CCc1cc(C(=O)O[C@@H]3C[C@@H](C)OC3=O)sc1-2. The van der Waals surface area contributed by atoms with Crippen LogP contribution in [0.15, 0.2) is 24.3 Å². The van der Waals surface area contributed by atoms with Crippen LogP contribution in [0.1, 0.15) is 34.1 Å². The van der Waals surface area contributed by atoms with E-state index >= 15 is 0 Å². The van der Waals surface area contributed by atoms with Gasteiger partial charge in [0.25, 0.3) is 0 Å². The molecule has 0 saturated carbocycles. The Labute approximate surface area is 149 Å². The molecule has 2 atom stereocenters. The molecule has 1 aliphatic heterocycles. The molecule has 0 N–H and O–H groups in total. The number of carbonyl (C=O) groups is 2. The van der Waals surface area contributed by atoms with Crippen molar-refractivity contribution in [3.8, 4) is 16.2 Å². The van der Waals surface area contributed by atoms with Gasteiger partial charge in [0.05, 0.1) is 7.11 Å². The summed E-state index contributed by atoms with van der Waals surface area (Å²) in [5.74, 6) is -0.0719. The number of fused-ring (bicyclic) bond motifs is 3. The van der Waals surface area contributed by atoms with E-state index < -0.39 is 18.0 Å². The van der Waals surface area contributed by atoms with Gasteiger partial charge in [-0.25, -0.2) is 9.59 Å². The van der Waals surface area contributed by atoms with Crippen molar-refractivity contribution in [3.63, 3.8) is 0 Å². The molecule has 5 nitrogen and oxygen atoms in total. The Morgan fingerprint density at radius 1 is 1.24 bits per heavy atom. The Morgan fingerprint density at radius 2 is 2.04 bits per heavy atom. The van der Waals surface area contributed by atoms with Crippen LogP contribution in [-0.2, 0) is 27.1 Å². The second-order valence-corrected chi connectivity index (χ2v) is 7.42. The maximum absolute atomic E-state index is 12.4. The van der Waals surface area contributed by atoms with Gasteiger partial charge in [-0.3, -0.25) is 0 Å². The van der Waals surface area contributed by atoms with Crippen LogP contribution >= 0.6 is 11.3 Å². The van der Waals surface area contributed by atoms with Crippen molar-refractivity contribution in [1.29, 1.82) is 0 Å². The van der Waals surface area contributed by atoms with Crippen molar-refractivity contribution >= 4 is 23.3 Å². The number of thiophene rings is 1. The Hall–Kier alpha value is -2.34. The van der Waals surface area contributed by atoms with Gasteiger partial charge in [0.2, 0.25) is 6.10 Å². The number of hydrogen-bond acceptors (Lipinski definition) is 6. The van der Waals surface area contributed by atoms with Gasteiger partial charge < -0.3 is 14.2 Å². The number of methoxy groups -OCH3 is 1. The van der Waals surface area contributed by atoms with E-state index in [0.717, 1.165) is 34.6 Å². The summed E-state index contributed by atoms with van der Waals surface area (Å²) in [6.07, 6.45) is 1.21. The molecule has 1 saturated heterocycles. The van der Waals surface area contributed by atoms with Gasteiger partial charge in [-0.05, 0) is 60.7 Å². The number of esters is 2. The van der Waals surface area contributed by atoms with Gasteiger partial charge in [-0.15, -0.1) is 11.3 Å². The first-order chi connectivity index (χ1) is 12.0. The highest BCUT2D eigenvalue weighted by Gasteiger charge is 2.35. The molecule has 2 aromatic rings. The Kier molecular flexibility index (Phi) is 4.00. The zero-order valence-electron chi connectivity index (χ0n) is 14.0. The highest BCUT2D eigenvalue weighted by Crippen LogP contribution is 2.41. The van der Waals surface area contributed by atoms with E-state index in [9.17, 15) is 9.59 Å². The van der Waals surface area contributed by atoms with Crippen molar-refractivity contribution in [3.05, 3.63) is 40.3 Å². The van der Waals surface area contributed by atoms with E-state index in [1.54, 1.807) is 14.0 Å². The number of rotatable bonds is 3. The molecule has 0 amide bonds. The first kappa shape index (κ1) is 16.1. The quantitative estimate of drug-likeness (QED) is 0.787. The van der Waals surface area contributed by atoms with Gasteiger partial charge in [0, 0.05) is 11.3 Å². The van der Waals surface area contributed by atoms with Crippen LogP contribution in [0.4, 0.5) is 0 Å². The molecular weight excluding hydrogens is 340 g/mol. The van der Waals surface area contributed by atoms with E-state index in [1.807, 2.05) is 24.3 Å². The van der Waals surface area contributed by atoms with Gasteiger partial charge in [0.15, 0.2) is 0 Å². The maximum Gasteiger partial charge on any atom is 0.349 e. The van der Waals surface area contributed by atoms with Crippen LogP contribution in [-0.4, -0.2) is 31.3 Å². The number of cyclic esters (lactones) is 1. The van der Waals surface area contributed by atoms with Crippen molar-refractivity contribution in [2.75, 3.05) is 7.11 Å². The van der Waals surface area contributed by atoms with Crippen LogP contribution in [0, 0.1) is 0 Å². The first-order valence-electron chi connectivity index (χ1n) is 8.26. The monoisotopic (exact) mass is 358 g/mol. The molecule has 6 heteroatoms.